The minimum atomic E-state index is -0.459. The molecule has 0 aromatic heterocycles. The Balaban J connectivity index is 1.96. The standard InChI is InChI=1S/C17H17N3O3/c1-12-3-5-14(6-4-12)11-17(21)19-18-13(2)15-7-9-16(10-8-15)20(22)23/h3-10H,11H2,1-2H3,(H,19,21)/b18-13+. The van der Waals surface area contributed by atoms with Crippen molar-refractivity contribution in [3.8, 4) is 0 Å². The lowest BCUT2D eigenvalue weighted by atomic mass is 10.1. The van der Waals surface area contributed by atoms with Gasteiger partial charge in [-0.2, -0.15) is 5.10 Å². The van der Waals surface area contributed by atoms with Crippen molar-refractivity contribution in [3.63, 3.8) is 0 Å². The van der Waals surface area contributed by atoms with E-state index in [9.17, 15) is 14.9 Å². The Kier molecular flexibility index (Phi) is 5.19. The number of rotatable bonds is 5. The van der Waals surface area contributed by atoms with Crippen molar-refractivity contribution in [2.75, 3.05) is 0 Å². The fraction of sp³-hybridized carbons (Fsp3) is 0.176. The smallest absolute Gasteiger partial charge is 0.269 e. The summed E-state index contributed by atoms with van der Waals surface area (Å²) in [5.41, 5.74) is 5.86. The molecule has 1 N–H and O–H groups in total. The van der Waals surface area contributed by atoms with Crippen LogP contribution in [0.15, 0.2) is 53.6 Å². The van der Waals surface area contributed by atoms with Crippen molar-refractivity contribution in [1.82, 2.24) is 5.43 Å². The van der Waals surface area contributed by atoms with Crippen LogP contribution in [0.4, 0.5) is 5.69 Å². The van der Waals surface area contributed by atoms with Crippen LogP contribution in [0.3, 0.4) is 0 Å². The molecule has 0 bridgehead atoms. The van der Waals surface area contributed by atoms with E-state index in [1.54, 1.807) is 19.1 Å². The summed E-state index contributed by atoms with van der Waals surface area (Å²) in [5.74, 6) is -0.213. The van der Waals surface area contributed by atoms with Crippen molar-refractivity contribution in [3.05, 3.63) is 75.3 Å². The van der Waals surface area contributed by atoms with Gasteiger partial charge in [0.1, 0.15) is 0 Å². The number of non-ortho nitro benzene ring substituents is 1. The molecule has 0 aliphatic rings. The monoisotopic (exact) mass is 311 g/mol. The minimum Gasteiger partial charge on any atom is -0.273 e. The van der Waals surface area contributed by atoms with Gasteiger partial charge < -0.3 is 0 Å². The van der Waals surface area contributed by atoms with E-state index in [2.05, 4.69) is 10.5 Å². The van der Waals surface area contributed by atoms with Crippen LogP contribution >= 0.6 is 0 Å². The topological polar surface area (TPSA) is 84.6 Å². The molecular weight excluding hydrogens is 294 g/mol. The van der Waals surface area contributed by atoms with Crippen LogP contribution in [0.25, 0.3) is 0 Å². The van der Waals surface area contributed by atoms with E-state index in [-0.39, 0.29) is 18.0 Å². The first-order chi connectivity index (χ1) is 11.0. The van der Waals surface area contributed by atoms with Gasteiger partial charge in [0.25, 0.3) is 5.69 Å². The molecule has 2 aromatic rings. The molecule has 0 radical (unpaired) electrons. The van der Waals surface area contributed by atoms with Crippen molar-refractivity contribution < 1.29 is 9.72 Å². The zero-order chi connectivity index (χ0) is 16.8. The van der Waals surface area contributed by atoms with E-state index in [1.165, 1.54) is 12.1 Å². The fourth-order valence-corrected chi connectivity index (χ4v) is 1.97. The van der Waals surface area contributed by atoms with E-state index < -0.39 is 4.92 Å². The molecule has 23 heavy (non-hydrogen) atoms. The third kappa shape index (κ3) is 4.74. The second kappa shape index (κ2) is 7.31. The maximum atomic E-state index is 11.9. The van der Waals surface area contributed by atoms with Gasteiger partial charge in [0, 0.05) is 12.1 Å². The number of nitrogens with one attached hydrogen (secondary N) is 1. The van der Waals surface area contributed by atoms with Gasteiger partial charge in [0.2, 0.25) is 5.91 Å². The van der Waals surface area contributed by atoms with Crippen LogP contribution in [-0.4, -0.2) is 16.5 Å². The molecule has 0 saturated carbocycles. The van der Waals surface area contributed by atoms with Gasteiger partial charge in [0.15, 0.2) is 0 Å². The van der Waals surface area contributed by atoms with Gasteiger partial charge in [-0.25, -0.2) is 5.43 Å². The van der Waals surface area contributed by atoms with Crippen LogP contribution in [0.1, 0.15) is 23.6 Å². The molecule has 0 spiro atoms. The number of aryl methyl sites for hydroxylation is 1. The number of hydrogen-bond donors (Lipinski definition) is 1. The Labute approximate surface area is 134 Å². The lowest BCUT2D eigenvalue weighted by Crippen LogP contribution is -2.21. The molecule has 6 heteroatoms. The molecular formula is C17H17N3O3. The maximum Gasteiger partial charge on any atom is 0.269 e. The van der Waals surface area contributed by atoms with Crippen molar-refractivity contribution in [2.45, 2.75) is 20.3 Å². The number of nitro benzene ring substituents is 1. The average Bonchev–Trinajstić information content (AvgIpc) is 2.55. The SMILES string of the molecule is C/C(=N\NC(=O)Cc1ccc(C)cc1)c1ccc([N+](=O)[O-])cc1. The fourth-order valence-electron chi connectivity index (χ4n) is 1.97. The molecule has 1 amide bonds. The second-order valence-corrected chi connectivity index (χ2v) is 5.20. The summed E-state index contributed by atoms with van der Waals surface area (Å²) in [5, 5.41) is 14.6. The largest absolute Gasteiger partial charge is 0.273 e. The van der Waals surface area contributed by atoms with E-state index in [0.29, 0.717) is 11.3 Å². The minimum absolute atomic E-state index is 0.0185. The molecule has 0 fully saturated rings. The number of nitro groups is 1. The van der Waals surface area contributed by atoms with Gasteiger partial charge >= 0.3 is 0 Å². The third-order valence-electron chi connectivity index (χ3n) is 3.33. The number of hydrazone groups is 1. The Morgan fingerprint density at radius 2 is 1.74 bits per heavy atom. The van der Waals surface area contributed by atoms with Crippen LogP contribution in [0, 0.1) is 17.0 Å². The number of carbonyl (C=O) groups excluding carboxylic acids is 1. The molecule has 0 aliphatic carbocycles. The Morgan fingerprint density at radius 1 is 1.13 bits per heavy atom. The maximum absolute atomic E-state index is 11.9. The number of nitrogens with zero attached hydrogens (tertiary/aromatic N) is 2. The normalized spacial score (nSPS) is 11.1. The van der Waals surface area contributed by atoms with Crippen LogP contribution in [0.2, 0.25) is 0 Å². The summed E-state index contributed by atoms with van der Waals surface area (Å²) in [6.45, 7) is 3.72. The highest BCUT2D eigenvalue weighted by molar-refractivity contribution is 5.99. The van der Waals surface area contributed by atoms with Crippen LogP contribution in [-0.2, 0) is 11.2 Å². The van der Waals surface area contributed by atoms with Crippen LogP contribution in [0.5, 0.6) is 0 Å². The van der Waals surface area contributed by atoms with Gasteiger partial charge in [-0.15, -0.1) is 0 Å². The zero-order valence-electron chi connectivity index (χ0n) is 12.9. The number of carbonyl (C=O) groups is 1. The lowest BCUT2D eigenvalue weighted by molar-refractivity contribution is -0.384. The Hall–Kier alpha value is -3.02. The first-order valence-electron chi connectivity index (χ1n) is 7.09. The van der Waals surface area contributed by atoms with E-state index in [1.807, 2.05) is 31.2 Å². The molecule has 0 saturated heterocycles. The summed E-state index contributed by atoms with van der Waals surface area (Å²) in [4.78, 5) is 22.0. The predicted octanol–water partition coefficient (Wildman–Crippen LogP) is 2.99. The first-order valence-corrected chi connectivity index (χ1v) is 7.09. The number of amides is 1. The van der Waals surface area contributed by atoms with Crippen molar-refractivity contribution in [1.29, 1.82) is 0 Å². The second-order valence-electron chi connectivity index (χ2n) is 5.20. The average molecular weight is 311 g/mol. The van der Waals surface area contributed by atoms with Crippen LogP contribution < -0.4 is 5.43 Å². The summed E-state index contributed by atoms with van der Waals surface area (Å²) < 4.78 is 0. The van der Waals surface area contributed by atoms with Gasteiger partial charge in [-0.05, 0) is 37.1 Å². The highest BCUT2D eigenvalue weighted by Crippen LogP contribution is 2.12. The van der Waals surface area contributed by atoms with Gasteiger partial charge in [-0.1, -0.05) is 29.8 Å². The van der Waals surface area contributed by atoms with Crippen molar-refractivity contribution >= 4 is 17.3 Å². The predicted molar refractivity (Wildman–Crippen MR) is 88.3 cm³/mol. The zero-order valence-corrected chi connectivity index (χ0v) is 12.9. The lowest BCUT2D eigenvalue weighted by Gasteiger charge is -2.04. The Bertz CT molecular complexity index is 735. The molecule has 0 aliphatic heterocycles. The van der Waals surface area contributed by atoms with Crippen molar-refractivity contribution in [2.24, 2.45) is 5.10 Å². The summed E-state index contributed by atoms with van der Waals surface area (Å²) in [6.07, 6.45) is 0.247. The van der Waals surface area contributed by atoms with Gasteiger partial charge in [0.05, 0.1) is 17.1 Å². The molecule has 0 atom stereocenters. The molecule has 0 heterocycles. The molecule has 6 nitrogen and oxygen atoms in total. The number of hydrogen-bond acceptors (Lipinski definition) is 4. The first kappa shape index (κ1) is 16.4. The summed E-state index contributed by atoms with van der Waals surface area (Å²) in [6, 6.07) is 13.7. The molecule has 2 rings (SSSR count). The highest BCUT2D eigenvalue weighted by atomic mass is 16.6. The summed E-state index contributed by atoms with van der Waals surface area (Å²) in [7, 11) is 0. The quantitative estimate of drug-likeness (QED) is 0.523. The summed E-state index contributed by atoms with van der Waals surface area (Å²) >= 11 is 0. The Morgan fingerprint density at radius 3 is 2.30 bits per heavy atom. The highest BCUT2D eigenvalue weighted by Gasteiger charge is 2.06. The third-order valence-corrected chi connectivity index (χ3v) is 3.33. The van der Waals surface area contributed by atoms with Gasteiger partial charge in [-0.3, -0.25) is 14.9 Å². The molecule has 2 aromatic carbocycles. The van der Waals surface area contributed by atoms with E-state index in [0.717, 1.165) is 11.1 Å². The molecule has 118 valence electrons. The van der Waals surface area contributed by atoms with E-state index in [4.69, 9.17) is 0 Å². The molecule has 0 unspecified atom stereocenters. The number of benzene rings is 2. The van der Waals surface area contributed by atoms with E-state index >= 15 is 0 Å².